The highest BCUT2D eigenvalue weighted by molar-refractivity contribution is 6.30. The van der Waals surface area contributed by atoms with Gasteiger partial charge >= 0.3 is 12.1 Å². The molecule has 23 heavy (non-hydrogen) atoms. The van der Waals surface area contributed by atoms with Gasteiger partial charge in [0.25, 0.3) is 5.91 Å². The number of benzene rings is 1. The number of hydrogen-bond donors (Lipinski definition) is 3. The molecular formula is C14H16ClF3N2O3. The number of nitrogens with one attached hydrogen (secondary N) is 2. The highest BCUT2D eigenvalue weighted by Crippen LogP contribution is 2.13. The molecule has 0 radical (unpaired) electrons. The van der Waals surface area contributed by atoms with E-state index in [0.717, 1.165) is 26.1 Å². The molecule has 0 aromatic heterocycles. The molecule has 0 aliphatic carbocycles. The molecule has 2 rings (SSSR count). The number of aliphatic carboxylic acids is 1. The largest absolute Gasteiger partial charge is 0.490 e. The second kappa shape index (κ2) is 8.73. The van der Waals surface area contributed by atoms with Gasteiger partial charge in [0, 0.05) is 17.1 Å². The van der Waals surface area contributed by atoms with Crippen molar-refractivity contribution in [2.75, 3.05) is 19.6 Å². The predicted octanol–water partition coefficient (Wildman–Crippen LogP) is 2.31. The zero-order valence-corrected chi connectivity index (χ0v) is 12.7. The van der Waals surface area contributed by atoms with Gasteiger partial charge in [-0.25, -0.2) is 4.79 Å². The van der Waals surface area contributed by atoms with Gasteiger partial charge in [-0.15, -0.1) is 0 Å². The first-order valence-electron chi connectivity index (χ1n) is 6.74. The number of carboxylic acids is 1. The minimum Gasteiger partial charge on any atom is -0.475 e. The van der Waals surface area contributed by atoms with Crippen LogP contribution in [0.3, 0.4) is 0 Å². The van der Waals surface area contributed by atoms with Crippen LogP contribution in [0.25, 0.3) is 0 Å². The van der Waals surface area contributed by atoms with E-state index in [9.17, 15) is 18.0 Å². The Hall–Kier alpha value is -1.80. The Balaban J connectivity index is 0.000000322. The zero-order chi connectivity index (χ0) is 17.5. The quantitative estimate of drug-likeness (QED) is 0.780. The summed E-state index contributed by atoms with van der Waals surface area (Å²) in [6.45, 7) is 2.80. The third-order valence-corrected chi connectivity index (χ3v) is 3.31. The Morgan fingerprint density at radius 3 is 2.30 bits per heavy atom. The molecule has 1 fully saturated rings. The van der Waals surface area contributed by atoms with Crippen molar-refractivity contribution < 1.29 is 27.9 Å². The Bertz CT molecular complexity index is 529. The Morgan fingerprint density at radius 1 is 1.30 bits per heavy atom. The van der Waals surface area contributed by atoms with E-state index in [1.54, 1.807) is 24.3 Å². The first-order chi connectivity index (χ1) is 10.7. The third kappa shape index (κ3) is 7.34. The van der Waals surface area contributed by atoms with E-state index in [1.165, 1.54) is 0 Å². The highest BCUT2D eigenvalue weighted by atomic mass is 35.5. The van der Waals surface area contributed by atoms with Crippen molar-refractivity contribution in [1.29, 1.82) is 0 Å². The van der Waals surface area contributed by atoms with Gasteiger partial charge in [-0.05, 0) is 49.7 Å². The van der Waals surface area contributed by atoms with Crippen LogP contribution in [0.1, 0.15) is 16.8 Å². The molecule has 1 amide bonds. The minimum atomic E-state index is -5.08. The topological polar surface area (TPSA) is 78.4 Å². The first-order valence-corrected chi connectivity index (χ1v) is 7.12. The molecule has 1 atom stereocenters. The molecule has 9 heteroatoms. The molecule has 0 unspecified atom stereocenters. The van der Waals surface area contributed by atoms with Crippen molar-refractivity contribution in [3.8, 4) is 0 Å². The molecule has 128 valence electrons. The second-order valence-corrected chi connectivity index (χ2v) is 5.32. The fraction of sp³-hybridized carbons (Fsp3) is 0.429. The standard InChI is InChI=1S/C12H15ClN2O.C2HF3O2/c13-11-3-1-10(2-4-11)12(16)15-8-9-5-6-14-7-9;3-2(4,5)1(6)7/h1-4,9,14H,5-8H2,(H,15,16);(H,6,7)/t9-;/m0./s1. The van der Waals surface area contributed by atoms with Crippen LogP contribution in [0, 0.1) is 5.92 Å². The molecule has 1 aliphatic rings. The summed E-state index contributed by atoms with van der Waals surface area (Å²) in [4.78, 5) is 20.6. The fourth-order valence-electron chi connectivity index (χ4n) is 1.83. The van der Waals surface area contributed by atoms with Crippen molar-refractivity contribution in [1.82, 2.24) is 10.6 Å². The van der Waals surface area contributed by atoms with Gasteiger partial charge in [0.15, 0.2) is 0 Å². The number of carbonyl (C=O) groups excluding carboxylic acids is 1. The van der Waals surface area contributed by atoms with Gasteiger partial charge in [-0.3, -0.25) is 4.79 Å². The van der Waals surface area contributed by atoms with Crippen LogP contribution < -0.4 is 10.6 Å². The van der Waals surface area contributed by atoms with Crippen molar-refractivity contribution >= 4 is 23.5 Å². The molecule has 1 aliphatic heterocycles. The molecule has 1 heterocycles. The van der Waals surface area contributed by atoms with E-state index in [4.69, 9.17) is 21.5 Å². The molecule has 0 spiro atoms. The number of hydrogen-bond acceptors (Lipinski definition) is 3. The number of carbonyl (C=O) groups is 2. The third-order valence-electron chi connectivity index (χ3n) is 3.06. The van der Waals surface area contributed by atoms with Gasteiger partial charge < -0.3 is 15.7 Å². The van der Waals surface area contributed by atoms with Crippen LogP contribution in [0.15, 0.2) is 24.3 Å². The number of carboxylic acid groups (broad SMARTS) is 1. The summed E-state index contributed by atoms with van der Waals surface area (Å²) in [5.74, 6) is -2.22. The van der Waals surface area contributed by atoms with Crippen molar-refractivity contribution in [3.63, 3.8) is 0 Å². The first kappa shape index (κ1) is 19.2. The Morgan fingerprint density at radius 2 is 1.87 bits per heavy atom. The van der Waals surface area contributed by atoms with E-state index in [2.05, 4.69) is 10.6 Å². The lowest BCUT2D eigenvalue weighted by Gasteiger charge is -2.09. The lowest BCUT2D eigenvalue weighted by atomic mass is 10.1. The number of rotatable bonds is 3. The van der Waals surface area contributed by atoms with Gasteiger partial charge in [-0.1, -0.05) is 11.6 Å². The maximum Gasteiger partial charge on any atom is 0.490 e. The number of halogens is 4. The fourth-order valence-corrected chi connectivity index (χ4v) is 1.96. The maximum absolute atomic E-state index is 11.7. The average Bonchev–Trinajstić information content (AvgIpc) is 2.98. The van der Waals surface area contributed by atoms with Gasteiger partial charge in [0.2, 0.25) is 0 Å². The second-order valence-electron chi connectivity index (χ2n) is 4.88. The van der Waals surface area contributed by atoms with E-state index < -0.39 is 12.1 Å². The molecular weight excluding hydrogens is 337 g/mol. The summed E-state index contributed by atoms with van der Waals surface area (Å²) in [5.41, 5.74) is 0.662. The van der Waals surface area contributed by atoms with Crippen LogP contribution in [0.5, 0.6) is 0 Å². The molecule has 1 saturated heterocycles. The van der Waals surface area contributed by atoms with Gasteiger partial charge in [-0.2, -0.15) is 13.2 Å². The highest BCUT2D eigenvalue weighted by Gasteiger charge is 2.38. The van der Waals surface area contributed by atoms with Gasteiger partial charge in [0.05, 0.1) is 0 Å². The summed E-state index contributed by atoms with van der Waals surface area (Å²) in [7, 11) is 0. The normalized spacial score (nSPS) is 17.1. The number of amides is 1. The molecule has 1 aromatic rings. The minimum absolute atomic E-state index is 0.0245. The molecule has 5 nitrogen and oxygen atoms in total. The lowest BCUT2D eigenvalue weighted by molar-refractivity contribution is -0.192. The molecule has 0 bridgehead atoms. The summed E-state index contributed by atoms with van der Waals surface area (Å²) in [6.07, 6.45) is -3.94. The maximum atomic E-state index is 11.7. The van der Waals surface area contributed by atoms with E-state index in [-0.39, 0.29) is 5.91 Å². The van der Waals surface area contributed by atoms with Crippen LogP contribution >= 0.6 is 11.6 Å². The summed E-state index contributed by atoms with van der Waals surface area (Å²) < 4.78 is 31.7. The van der Waals surface area contributed by atoms with Crippen LogP contribution in [-0.4, -0.2) is 42.8 Å². The zero-order valence-electron chi connectivity index (χ0n) is 12.0. The van der Waals surface area contributed by atoms with Crippen molar-refractivity contribution in [2.45, 2.75) is 12.6 Å². The smallest absolute Gasteiger partial charge is 0.475 e. The Kier molecular flexibility index (Phi) is 7.31. The summed E-state index contributed by atoms with van der Waals surface area (Å²) in [5, 5.41) is 14.0. The molecule has 0 saturated carbocycles. The predicted molar refractivity (Wildman–Crippen MR) is 78.5 cm³/mol. The lowest BCUT2D eigenvalue weighted by Crippen LogP contribution is -2.30. The number of alkyl halides is 3. The van der Waals surface area contributed by atoms with Crippen LogP contribution in [0.4, 0.5) is 13.2 Å². The molecule has 1 aromatic carbocycles. The van der Waals surface area contributed by atoms with Gasteiger partial charge in [0.1, 0.15) is 0 Å². The van der Waals surface area contributed by atoms with Crippen molar-refractivity contribution in [3.05, 3.63) is 34.9 Å². The van der Waals surface area contributed by atoms with Crippen LogP contribution in [-0.2, 0) is 4.79 Å². The van der Waals surface area contributed by atoms with E-state index in [1.807, 2.05) is 0 Å². The van der Waals surface area contributed by atoms with Crippen molar-refractivity contribution in [2.24, 2.45) is 5.92 Å². The van der Waals surface area contributed by atoms with E-state index >= 15 is 0 Å². The van der Waals surface area contributed by atoms with E-state index in [0.29, 0.717) is 16.5 Å². The Labute approximate surface area is 135 Å². The SMILES string of the molecule is O=C(NC[C@H]1CCNC1)c1ccc(Cl)cc1.O=C(O)C(F)(F)F. The molecule has 3 N–H and O–H groups in total. The summed E-state index contributed by atoms with van der Waals surface area (Å²) in [6, 6.07) is 6.94. The summed E-state index contributed by atoms with van der Waals surface area (Å²) >= 11 is 5.76. The van der Waals surface area contributed by atoms with Crippen LogP contribution in [0.2, 0.25) is 5.02 Å². The average molecular weight is 353 g/mol. The monoisotopic (exact) mass is 352 g/mol.